The summed E-state index contributed by atoms with van der Waals surface area (Å²) in [6.07, 6.45) is 2.68. The minimum absolute atomic E-state index is 0.0510. The Morgan fingerprint density at radius 2 is 2.06 bits per heavy atom. The van der Waals surface area contributed by atoms with Crippen molar-refractivity contribution in [3.05, 3.63) is 30.1 Å². The van der Waals surface area contributed by atoms with Crippen LogP contribution in [-0.4, -0.2) is 17.6 Å². The highest BCUT2D eigenvalue weighted by molar-refractivity contribution is 5.08. The fraction of sp³-hybridized carbons (Fsp3) is 0.643. The Balaban J connectivity index is 2.57. The molecule has 0 bridgehead atoms. The third-order valence-electron chi connectivity index (χ3n) is 2.61. The predicted molar refractivity (Wildman–Crippen MR) is 70.7 cm³/mol. The zero-order valence-corrected chi connectivity index (χ0v) is 11.3. The average Bonchev–Trinajstić information content (AvgIpc) is 2.23. The maximum Gasteiger partial charge on any atom is 0.114 e. The molecule has 0 aliphatic heterocycles. The van der Waals surface area contributed by atoms with E-state index in [1.165, 1.54) is 0 Å². The van der Waals surface area contributed by atoms with E-state index in [9.17, 15) is 0 Å². The second-order valence-electron chi connectivity index (χ2n) is 5.72. The van der Waals surface area contributed by atoms with Crippen LogP contribution in [0, 0.1) is 5.41 Å². The summed E-state index contributed by atoms with van der Waals surface area (Å²) in [5.41, 5.74) is 7.15. The lowest BCUT2D eigenvalue weighted by Crippen LogP contribution is -2.28. The van der Waals surface area contributed by atoms with Gasteiger partial charge in [0.05, 0.1) is 5.69 Å². The summed E-state index contributed by atoms with van der Waals surface area (Å²) in [6.45, 7) is 9.29. The van der Waals surface area contributed by atoms with E-state index in [1.807, 2.05) is 25.1 Å². The van der Waals surface area contributed by atoms with Crippen molar-refractivity contribution in [2.24, 2.45) is 11.1 Å². The third kappa shape index (κ3) is 5.29. The third-order valence-corrected chi connectivity index (χ3v) is 2.61. The van der Waals surface area contributed by atoms with Crippen LogP contribution in [0.3, 0.4) is 0 Å². The summed E-state index contributed by atoms with van der Waals surface area (Å²) in [7, 11) is 0. The van der Waals surface area contributed by atoms with Crippen LogP contribution in [0.1, 0.15) is 45.9 Å². The molecule has 0 saturated heterocycles. The minimum Gasteiger partial charge on any atom is -0.370 e. The van der Waals surface area contributed by atoms with Crippen LogP contribution in [0.5, 0.6) is 0 Å². The van der Waals surface area contributed by atoms with Crippen molar-refractivity contribution in [3.8, 4) is 0 Å². The van der Waals surface area contributed by atoms with Crippen LogP contribution >= 0.6 is 0 Å². The van der Waals surface area contributed by atoms with E-state index in [0.717, 1.165) is 12.1 Å². The molecule has 0 radical (unpaired) electrons. The molecule has 0 fully saturated rings. The Morgan fingerprint density at radius 3 is 2.53 bits per heavy atom. The Kier molecular flexibility index (Phi) is 5.09. The number of hydrogen-bond acceptors (Lipinski definition) is 3. The van der Waals surface area contributed by atoms with Crippen molar-refractivity contribution in [3.63, 3.8) is 0 Å². The van der Waals surface area contributed by atoms with E-state index < -0.39 is 0 Å². The van der Waals surface area contributed by atoms with Crippen LogP contribution < -0.4 is 5.73 Å². The highest BCUT2D eigenvalue weighted by Gasteiger charge is 2.19. The number of rotatable bonds is 5. The summed E-state index contributed by atoms with van der Waals surface area (Å²) >= 11 is 0. The number of aromatic nitrogens is 1. The smallest absolute Gasteiger partial charge is 0.114 e. The van der Waals surface area contributed by atoms with Crippen molar-refractivity contribution < 1.29 is 4.74 Å². The molecule has 1 rings (SSSR count). The average molecular weight is 236 g/mol. The minimum atomic E-state index is -0.112. The first-order valence-electron chi connectivity index (χ1n) is 6.18. The SMILES string of the molecule is CC(N)C(OCCC(C)(C)C)c1ccccn1. The zero-order chi connectivity index (χ0) is 12.9. The molecule has 2 N–H and O–H groups in total. The Hall–Kier alpha value is -0.930. The molecule has 1 heterocycles. The molecule has 0 aliphatic carbocycles. The molecule has 3 heteroatoms. The molecule has 0 aromatic carbocycles. The molecule has 2 atom stereocenters. The molecule has 0 spiro atoms. The van der Waals surface area contributed by atoms with E-state index in [-0.39, 0.29) is 17.6 Å². The van der Waals surface area contributed by atoms with E-state index >= 15 is 0 Å². The lowest BCUT2D eigenvalue weighted by atomic mass is 9.93. The molecule has 1 aromatic rings. The first kappa shape index (κ1) is 14.1. The van der Waals surface area contributed by atoms with Gasteiger partial charge in [0.1, 0.15) is 6.10 Å². The summed E-state index contributed by atoms with van der Waals surface area (Å²) in [5, 5.41) is 0. The van der Waals surface area contributed by atoms with Gasteiger partial charge in [-0.3, -0.25) is 4.98 Å². The van der Waals surface area contributed by atoms with Gasteiger partial charge in [-0.1, -0.05) is 26.8 Å². The van der Waals surface area contributed by atoms with E-state index in [0.29, 0.717) is 6.61 Å². The molecule has 3 nitrogen and oxygen atoms in total. The fourth-order valence-corrected chi connectivity index (χ4v) is 1.54. The Morgan fingerprint density at radius 1 is 1.35 bits per heavy atom. The fourth-order valence-electron chi connectivity index (χ4n) is 1.54. The van der Waals surface area contributed by atoms with Gasteiger partial charge >= 0.3 is 0 Å². The molecule has 2 unspecified atom stereocenters. The second-order valence-corrected chi connectivity index (χ2v) is 5.72. The predicted octanol–water partition coefficient (Wildman–Crippen LogP) is 2.92. The monoisotopic (exact) mass is 236 g/mol. The highest BCUT2D eigenvalue weighted by Crippen LogP contribution is 2.22. The number of nitrogens with zero attached hydrogens (tertiary/aromatic N) is 1. The van der Waals surface area contributed by atoms with Crippen molar-refractivity contribution in [1.82, 2.24) is 4.98 Å². The molecule has 0 amide bonds. The van der Waals surface area contributed by atoms with Crippen molar-refractivity contribution >= 4 is 0 Å². The number of hydrogen-bond donors (Lipinski definition) is 1. The lowest BCUT2D eigenvalue weighted by Gasteiger charge is -2.24. The van der Waals surface area contributed by atoms with Gasteiger partial charge in [-0.25, -0.2) is 0 Å². The van der Waals surface area contributed by atoms with Gasteiger partial charge in [0.15, 0.2) is 0 Å². The van der Waals surface area contributed by atoms with E-state index in [1.54, 1.807) is 6.20 Å². The Bertz CT molecular complexity index is 317. The summed E-state index contributed by atoms with van der Waals surface area (Å²) in [5.74, 6) is 0. The lowest BCUT2D eigenvalue weighted by molar-refractivity contribution is 0.0216. The molecule has 0 saturated carbocycles. The highest BCUT2D eigenvalue weighted by atomic mass is 16.5. The molecule has 17 heavy (non-hydrogen) atoms. The molecule has 1 aromatic heterocycles. The molecular weight excluding hydrogens is 212 g/mol. The van der Waals surface area contributed by atoms with Crippen molar-refractivity contribution in [2.75, 3.05) is 6.61 Å². The summed E-state index contributed by atoms with van der Waals surface area (Å²) < 4.78 is 5.88. The Labute approximate surface area is 104 Å². The van der Waals surface area contributed by atoms with Crippen molar-refractivity contribution in [1.29, 1.82) is 0 Å². The summed E-state index contributed by atoms with van der Waals surface area (Å²) in [4.78, 5) is 4.31. The maximum atomic E-state index is 5.95. The summed E-state index contributed by atoms with van der Waals surface area (Å²) in [6, 6.07) is 5.78. The number of pyridine rings is 1. The standard InChI is InChI=1S/C14H24N2O/c1-11(15)13(12-7-5-6-9-16-12)17-10-8-14(2,3)4/h5-7,9,11,13H,8,10,15H2,1-4H3. The van der Waals surface area contributed by atoms with Gasteiger partial charge in [-0.15, -0.1) is 0 Å². The van der Waals surface area contributed by atoms with Gasteiger partial charge in [-0.2, -0.15) is 0 Å². The maximum absolute atomic E-state index is 5.95. The normalized spacial score (nSPS) is 15.6. The quantitative estimate of drug-likeness (QED) is 0.855. The molecular formula is C14H24N2O. The van der Waals surface area contributed by atoms with Crippen molar-refractivity contribution in [2.45, 2.75) is 46.3 Å². The van der Waals surface area contributed by atoms with Crippen LogP contribution in [0.2, 0.25) is 0 Å². The first-order valence-corrected chi connectivity index (χ1v) is 6.18. The van der Waals surface area contributed by atoms with E-state index in [4.69, 9.17) is 10.5 Å². The van der Waals surface area contributed by atoms with Gasteiger partial charge in [0.2, 0.25) is 0 Å². The second kappa shape index (κ2) is 6.12. The largest absolute Gasteiger partial charge is 0.370 e. The molecule has 96 valence electrons. The van der Waals surface area contributed by atoms with Gasteiger partial charge in [0, 0.05) is 18.8 Å². The zero-order valence-electron chi connectivity index (χ0n) is 11.3. The van der Waals surface area contributed by atoms with Crippen LogP contribution in [-0.2, 0) is 4.74 Å². The van der Waals surface area contributed by atoms with Crippen LogP contribution in [0.25, 0.3) is 0 Å². The van der Waals surface area contributed by atoms with E-state index in [2.05, 4.69) is 25.8 Å². The van der Waals surface area contributed by atoms with Gasteiger partial charge in [0.25, 0.3) is 0 Å². The first-order chi connectivity index (χ1) is 7.90. The van der Waals surface area contributed by atoms with Crippen LogP contribution in [0.15, 0.2) is 24.4 Å². The number of nitrogens with two attached hydrogens (primary N) is 1. The van der Waals surface area contributed by atoms with Gasteiger partial charge in [-0.05, 0) is 30.9 Å². The van der Waals surface area contributed by atoms with Crippen LogP contribution in [0.4, 0.5) is 0 Å². The number of ether oxygens (including phenoxy) is 1. The topological polar surface area (TPSA) is 48.1 Å². The molecule has 0 aliphatic rings. The van der Waals surface area contributed by atoms with Gasteiger partial charge < -0.3 is 10.5 Å².